The summed E-state index contributed by atoms with van der Waals surface area (Å²) >= 11 is 3.20. The van der Waals surface area contributed by atoms with Crippen molar-refractivity contribution in [2.75, 3.05) is 12.4 Å². The number of nitrogens with zero attached hydrogens (tertiary/aromatic N) is 1. The first kappa shape index (κ1) is 14.3. The fraction of sp³-hybridized carbons (Fsp3) is 0.143. The molecule has 0 amide bonds. The Hall–Kier alpha value is -2.08. The molecular formula is C14H13BrN2O3. The molecule has 0 atom stereocenters. The van der Waals surface area contributed by atoms with E-state index in [1.165, 1.54) is 6.07 Å². The molecule has 0 unspecified atom stereocenters. The fourth-order valence-electron chi connectivity index (χ4n) is 1.81. The second kappa shape index (κ2) is 6.38. The molecule has 2 aromatic rings. The third kappa shape index (κ3) is 3.27. The van der Waals surface area contributed by atoms with Crippen LogP contribution in [0.2, 0.25) is 0 Å². The Kier molecular flexibility index (Phi) is 4.57. The number of nitro groups is 1. The number of hydrogen-bond donors (Lipinski definition) is 1. The van der Waals surface area contributed by atoms with Gasteiger partial charge in [-0.1, -0.05) is 18.2 Å². The van der Waals surface area contributed by atoms with Gasteiger partial charge in [0.15, 0.2) is 0 Å². The third-order valence-electron chi connectivity index (χ3n) is 2.82. The van der Waals surface area contributed by atoms with Crippen LogP contribution in [-0.2, 0) is 6.54 Å². The number of ether oxygens (including phenoxy) is 1. The second-order valence-corrected chi connectivity index (χ2v) is 4.94. The van der Waals surface area contributed by atoms with Gasteiger partial charge in [-0.15, -0.1) is 0 Å². The molecule has 0 bridgehead atoms. The average molecular weight is 337 g/mol. The molecule has 2 aromatic carbocycles. The van der Waals surface area contributed by atoms with Crippen LogP contribution in [0.3, 0.4) is 0 Å². The number of anilines is 1. The summed E-state index contributed by atoms with van der Waals surface area (Å²) in [5.41, 5.74) is 1.87. The van der Waals surface area contributed by atoms with Gasteiger partial charge in [0.25, 0.3) is 5.69 Å². The van der Waals surface area contributed by atoms with Crippen molar-refractivity contribution in [2.24, 2.45) is 0 Å². The topological polar surface area (TPSA) is 64.4 Å². The van der Waals surface area contributed by atoms with Crippen LogP contribution in [0.5, 0.6) is 5.75 Å². The van der Waals surface area contributed by atoms with Gasteiger partial charge in [0.05, 0.1) is 16.5 Å². The van der Waals surface area contributed by atoms with E-state index in [4.69, 9.17) is 4.74 Å². The molecule has 0 saturated heterocycles. The largest absolute Gasteiger partial charge is 0.496 e. The minimum Gasteiger partial charge on any atom is -0.496 e. The van der Waals surface area contributed by atoms with Gasteiger partial charge in [-0.25, -0.2) is 0 Å². The molecule has 2 rings (SSSR count). The van der Waals surface area contributed by atoms with Crippen LogP contribution in [-0.4, -0.2) is 12.0 Å². The van der Waals surface area contributed by atoms with Crippen molar-refractivity contribution >= 4 is 27.3 Å². The first-order valence-electron chi connectivity index (χ1n) is 5.91. The van der Waals surface area contributed by atoms with E-state index >= 15 is 0 Å². The van der Waals surface area contributed by atoms with Crippen LogP contribution >= 0.6 is 15.9 Å². The smallest absolute Gasteiger partial charge is 0.283 e. The Morgan fingerprint density at radius 2 is 2.05 bits per heavy atom. The monoisotopic (exact) mass is 336 g/mol. The van der Waals surface area contributed by atoms with Crippen molar-refractivity contribution in [1.82, 2.24) is 0 Å². The molecule has 5 nitrogen and oxygen atoms in total. The van der Waals surface area contributed by atoms with E-state index in [0.29, 0.717) is 11.0 Å². The van der Waals surface area contributed by atoms with Gasteiger partial charge in [-0.3, -0.25) is 10.1 Å². The molecule has 0 aliphatic rings. The SMILES string of the molecule is COc1ccccc1CNc1ccc([N+](=O)[O-])c(Br)c1. The Morgan fingerprint density at radius 3 is 2.70 bits per heavy atom. The lowest BCUT2D eigenvalue weighted by Crippen LogP contribution is -2.02. The Morgan fingerprint density at radius 1 is 1.30 bits per heavy atom. The van der Waals surface area contributed by atoms with Gasteiger partial charge in [-0.2, -0.15) is 0 Å². The van der Waals surface area contributed by atoms with Crippen molar-refractivity contribution in [3.8, 4) is 5.75 Å². The number of halogens is 1. The highest BCUT2D eigenvalue weighted by Gasteiger charge is 2.11. The molecule has 104 valence electrons. The molecule has 0 saturated carbocycles. The van der Waals surface area contributed by atoms with Gasteiger partial charge in [0.2, 0.25) is 0 Å². The first-order chi connectivity index (χ1) is 9.61. The number of hydrogen-bond acceptors (Lipinski definition) is 4. The number of methoxy groups -OCH3 is 1. The number of para-hydroxylation sites is 1. The molecule has 0 fully saturated rings. The highest BCUT2D eigenvalue weighted by atomic mass is 79.9. The average Bonchev–Trinajstić information content (AvgIpc) is 2.45. The third-order valence-corrected chi connectivity index (χ3v) is 3.46. The minimum absolute atomic E-state index is 0.0489. The lowest BCUT2D eigenvalue weighted by molar-refractivity contribution is -0.385. The summed E-state index contributed by atoms with van der Waals surface area (Å²) in [5.74, 6) is 0.806. The van der Waals surface area contributed by atoms with E-state index in [-0.39, 0.29) is 5.69 Å². The maximum absolute atomic E-state index is 10.7. The standard InChI is InChI=1S/C14H13BrN2O3/c1-20-14-5-3-2-4-10(14)9-16-11-6-7-13(17(18)19)12(15)8-11/h2-8,16H,9H2,1H3. The zero-order valence-electron chi connectivity index (χ0n) is 10.8. The molecule has 0 aliphatic heterocycles. The second-order valence-electron chi connectivity index (χ2n) is 4.09. The van der Waals surface area contributed by atoms with Crippen molar-refractivity contribution in [3.05, 3.63) is 62.6 Å². The zero-order valence-corrected chi connectivity index (χ0v) is 12.4. The van der Waals surface area contributed by atoms with Gasteiger partial charge in [0, 0.05) is 23.9 Å². The Bertz CT molecular complexity index is 632. The van der Waals surface area contributed by atoms with Gasteiger partial charge in [0.1, 0.15) is 5.75 Å². The van der Waals surface area contributed by atoms with Gasteiger partial charge in [-0.05, 0) is 34.1 Å². The summed E-state index contributed by atoms with van der Waals surface area (Å²) in [5, 5.41) is 13.9. The summed E-state index contributed by atoms with van der Waals surface area (Å²) in [7, 11) is 1.63. The number of nitrogens with one attached hydrogen (secondary N) is 1. The molecule has 0 heterocycles. The van der Waals surface area contributed by atoms with Crippen LogP contribution in [0.25, 0.3) is 0 Å². The van der Waals surface area contributed by atoms with Crippen LogP contribution in [0.1, 0.15) is 5.56 Å². The predicted molar refractivity (Wildman–Crippen MR) is 81.1 cm³/mol. The van der Waals surface area contributed by atoms with Crippen LogP contribution in [0.4, 0.5) is 11.4 Å². The van der Waals surface area contributed by atoms with Crippen molar-refractivity contribution in [2.45, 2.75) is 6.54 Å². The first-order valence-corrected chi connectivity index (χ1v) is 6.71. The van der Waals surface area contributed by atoms with Crippen LogP contribution in [0.15, 0.2) is 46.9 Å². The van der Waals surface area contributed by atoms with Crippen molar-refractivity contribution in [3.63, 3.8) is 0 Å². The summed E-state index contributed by atoms with van der Waals surface area (Å²) < 4.78 is 5.72. The van der Waals surface area contributed by atoms with Crippen molar-refractivity contribution in [1.29, 1.82) is 0 Å². The van der Waals surface area contributed by atoms with E-state index in [1.807, 2.05) is 24.3 Å². The van der Waals surface area contributed by atoms with E-state index in [0.717, 1.165) is 17.0 Å². The summed E-state index contributed by atoms with van der Waals surface area (Å²) in [4.78, 5) is 10.3. The lowest BCUT2D eigenvalue weighted by Gasteiger charge is -2.10. The van der Waals surface area contributed by atoms with E-state index in [1.54, 1.807) is 19.2 Å². The van der Waals surface area contributed by atoms with Gasteiger partial charge >= 0.3 is 0 Å². The molecule has 6 heteroatoms. The highest BCUT2D eigenvalue weighted by molar-refractivity contribution is 9.10. The fourth-order valence-corrected chi connectivity index (χ4v) is 2.33. The van der Waals surface area contributed by atoms with Gasteiger partial charge < -0.3 is 10.1 Å². The summed E-state index contributed by atoms with van der Waals surface area (Å²) in [6.45, 7) is 0.578. The highest BCUT2D eigenvalue weighted by Crippen LogP contribution is 2.28. The molecule has 0 radical (unpaired) electrons. The van der Waals surface area contributed by atoms with Crippen LogP contribution < -0.4 is 10.1 Å². The maximum atomic E-state index is 10.7. The predicted octanol–water partition coefficient (Wildman–Crippen LogP) is 3.98. The van der Waals surface area contributed by atoms with Crippen molar-refractivity contribution < 1.29 is 9.66 Å². The molecular weight excluding hydrogens is 324 g/mol. The Labute approximate surface area is 124 Å². The number of nitro benzene ring substituents is 1. The zero-order chi connectivity index (χ0) is 14.5. The summed E-state index contributed by atoms with van der Waals surface area (Å²) in [6, 6.07) is 12.5. The maximum Gasteiger partial charge on any atom is 0.283 e. The number of rotatable bonds is 5. The minimum atomic E-state index is -0.423. The number of benzene rings is 2. The summed E-state index contributed by atoms with van der Waals surface area (Å²) in [6.07, 6.45) is 0. The molecule has 1 N–H and O–H groups in total. The lowest BCUT2D eigenvalue weighted by atomic mass is 10.2. The quantitative estimate of drug-likeness (QED) is 0.662. The Balaban J connectivity index is 2.11. The molecule has 0 aromatic heterocycles. The molecule has 20 heavy (non-hydrogen) atoms. The van der Waals surface area contributed by atoms with E-state index in [9.17, 15) is 10.1 Å². The van der Waals surface area contributed by atoms with E-state index in [2.05, 4.69) is 21.2 Å². The normalized spacial score (nSPS) is 10.1. The van der Waals surface area contributed by atoms with E-state index < -0.39 is 4.92 Å². The molecule has 0 spiro atoms. The molecule has 0 aliphatic carbocycles. The van der Waals surface area contributed by atoms with Crippen LogP contribution in [0, 0.1) is 10.1 Å².